The summed E-state index contributed by atoms with van der Waals surface area (Å²) in [6, 6.07) is 8.33. The molecule has 0 radical (unpaired) electrons. The van der Waals surface area contributed by atoms with Crippen LogP contribution in [0.25, 0.3) is 0 Å². The molecule has 0 aliphatic carbocycles. The first-order valence-electron chi connectivity index (χ1n) is 5.67. The third-order valence-electron chi connectivity index (χ3n) is 3.15. The minimum atomic E-state index is 0.119. The van der Waals surface area contributed by atoms with Crippen molar-refractivity contribution in [1.29, 1.82) is 0 Å². The van der Waals surface area contributed by atoms with E-state index in [0.29, 0.717) is 0 Å². The molecule has 1 aliphatic heterocycles. The first-order valence-corrected chi connectivity index (χ1v) is 5.67. The maximum absolute atomic E-state index is 5.95. The zero-order valence-electron chi connectivity index (χ0n) is 9.79. The summed E-state index contributed by atoms with van der Waals surface area (Å²) >= 11 is 0. The second-order valence-corrected chi connectivity index (χ2v) is 4.71. The molecule has 15 heavy (non-hydrogen) atoms. The Morgan fingerprint density at radius 3 is 2.80 bits per heavy atom. The van der Waals surface area contributed by atoms with E-state index in [1.54, 1.807) is 0 Å². The number of nitrogens with zero attached hydrogens (tertiary/aromatic N) is 1. The summed E-state index contributed by atoms with van der Waals surface area (Å²) in [6.45, 7) is 7.53. The first kappa shape index (κ1) is 10.5. The van der Waals surface area contributed by atoms with Gasteiger partial charge in [0.1, 0.15) is 0 Å². The Morgan fingerprint density at radius 1 is 1.33 bits per heavy atom. The first-order chi connectivity index (χ1) is 7.13. The second-order valence-electron chi connectivity index (χ2n) is 4.71. The number of hydrogen-bond acceptors (Lipinski definition) is 2. The summed E-state index contributed by atoms with van der Waals surface area (Å²) in [5.74, 6) is 1.02. The fourth-order valence-corrected chi connectivity index (χ4v) is 2.10. The van der Waals surface area contributed by atoms with Gasteiger partial charge in [-0.15, -0.1) is 5.06 Å². The molecule has 2 nitrogen and oxygen atoms in total. The number of rotatable bonds is 1. The zero-order valence-corrected chi connectivity index (χ0v) is 9.79. The summed E-state index contributed by atoms with van der Waals surface area (Å²) in [5.41, 5.74) is 1.44. The van der Waals surface area contributed by atoms with Gasteiger partial charge in [0, 0.05) is 6.54 Å². The Bertz CT molecular complexity index is 346. The summed E-state index contributed by atoms with van der Waals surface area (Å²) < 4.78 is 0. The molecule has 1 aromatic rings. The highest BCUT2D eigenvalue weighted by Gasteiger charge is 2.30. The molecule has 0 unspecified atom stereocenters. The minimum absolute atomic E-state index is 0.119. The molecule has 0 spiro atoms. The molecule has 0 aromatic heterocycles. The highest BCUT2D eigenvalue weighted by Crippen LogP contribution is 2.31. The van der Waals surface area contributed by atoms with Crippen LogP contribution in [0.2, 0.25) is 0 Å². The van der Waals surface area contributed by atoms with Crippen LogP contribution in [0.1, 0.15) is 32.8 Å². The van der Waals surface area contributed by atoms with E-state index in [1.807, 2.05) is 6.07 Å². The second kappa shape index (κ2) is 3.86. The lowest BCUT2D eigenvalue weighted by molar-refractivity contribution is -0.126. The standard InChI is InChI=1S/C13H19NO/c1-4-14-13(2,3)10-9-11-7-5-6-8-12(11)15-14/h5-8H,4,9-10H2,1-3H3. The van der Waals surface area contributed by atoms with E-state index >= 15 is 0 Å². The summed E-state index contributed by atoms with van der Waals surface area (Å²) in [5, 5.41) is 2.08. The van der Waals surface area contributed by atoms with Gasteiger partial charge in [0.25, 0.3) is 0 Å². The Balaban J connectivity index is 2.32. The summed E-state index contributed by atoms with van der Waals surface area (Å²) in [4.78, 5) is 5.95. The van der Waals surface area contributed by atoms with Crippen molar-refractivity contribution in [2.45, 2.75) is 39.2 Å². The molecule has 0 fully saturated rings. The van der Waals surface area contributed by atoms with Crippen LogP contribution < -0.4 is 4.84 Å². The van der Waals surface area contributed by atoms with Gasteiger partial charge in [-0.2, -0.15) is 0 Å². The normalized spacial score (nSPS) is 20.2. The quantitative estimate of drug-likeness (QED) is 0.698. The van der Waals surface area contributed by atoms with E-state index in [-0.39, 0.29) is 5.54 Å². The number of benzene rings is 1. The number of para-hydroxylation sites is 1. The Hall–Kier alpha value is -1.02. The molecule has 2 rings (SSSR count). The number of hydrogen-bond donors (Lipinski definition) is 0. The van der Waals surface area contributed by atoms with Crippen molar-refractivity contribution in [1.82, 2.24) is 5.06 Å². The van der Waals surface area contributed by atoms with Crippen LogP contribution in [-0.2, 0) is 6.42 Å². The topological polar surface area (TPSA) is 12.5 Å². The van der Waals surface area contributed by atoms with Crippen molar-refractivity contribution in [2.24, 2.45) is 0 Å². The molecular formula is C13H19NO. The fourth-order valence-electron chi connectivity index (χ4n) is 2.10. The van der Waals surface area contributed by atoms with Gasteiger partial charge in [-0.05, 0) is 45.2 Å². The minimum Gasteiger partial charge on any atom is -0.405 e. The van der Waals surface area contributed by atoms with Gasteiger partial charge in [0.2, 0.25) is 0 Å². The van der Waals surface area contributed by atoms with Gasteiger partial charge in [0.15, 0.2) is 5.75 Å². The lowest BCUT2D eigenvalue weighted by atomic mass is 9.95. The third-order valence-corrected chi connectivity index (χ3v) is 3.15. The Kier molecular flexibility index (Phi) is 2.70. The fraction of sp³-hybridized carbons (Fsp3) is 0.538. The van der Waals surface area contributed by atoms with Gasteiger partial charge < -0.3 is 4.84 Å². The van der Waals surface area contributed by atoms with Crippen LogP contribution in [0.15, 0.2) is 24.3 Å². The predicted molar refractivity (Wildman–Crippen MR) is 61.9 cm³/mol. The molecular weight excluding hydrogens is 186 g/mol. The lowest BCUT2D eigenvalue weighted by Crippen LogP contribution is -2.45. The van der Waals surface area contributed by atoms with Crippen LogP contribution >= 0.6 is 0 Å². The van der Waals surface area contributed by atoms with Gasteiger partial charge in [-0.3, -0.25) is 0 Å². The van der Waals surface area contributed by atoms with Crippen LogP contribution in [0.5, 0.6) is 5.75 Å². The van der Waals surface area contributed by atoms with E-state index in [9.17, 15) is 0 Å². The Morgan fingerprint density at radius 2 is 2.07 bits per heavy atom. The SMILES string of the molecule is CCN1Oc2ccccc2CCC1(C)C. The number of hydroxylamine groups is 2. The van der Waals surface area contributed by atoms with Crippen LogP contribution in [0, 0.1) is 0 Å². The predicted octanol–water partition coefficient (Wildman–Crippen LogP) is 3.03. The molecule has 1 aromatic carbocycles. The van der Waals surface area contributed by atoms with Crippen molar-refractivity contribution in [3.63, 3.8) is 0 Å². The average molecular weight is 205 g/mol. The highest BCUT2D eigenvalue weighted by atomic mass is 16.7. The van der Waals surface area contributed by atoms with E-state index in [1.165, 1.54) is 5.56 Å². The van der Waals surface area contributed by atoms with E-state index in [4.69, 9.17) is 4.84 Å². The van der Waals surface area contributed by atoms with Gasteiger partial charge in [-0.25, -0.2) is 0 Å². The van der Waals surface area contributed by atoms with E-state index in [2.05, 4.69) is 44.0 Å². The monoisotopic (exact) mass is 205 g/mol. The van der Waals surface area contributed by atoms with Crippen LogP contribution in [0.4, 0.5) is 0 Å². The maximum Gasteiger partial charge on any atom is 0.150 e. The van der Waals surface area contributed by atoms with Crippen molar-refractivity contribution in [3.05, 3.63) is 29.8 Å². The van der Waals surface area contributed by atoms with Gasteiger partial charge in [-0.1, -0.05) is 18.2 Å². The van der Waals surface area contributed by atoms with E-state index < -0.39 is 0 Å². The van der Waals surface area contributed by atoms with Crippen LogP contribution in [0.3, 0.4) is 0 Å². The zero-order chi connectivity index (χ0) is 10.9. The molecule has 0 saturated carbocycles. The number of aryl methyl sites for hydroxylation is 1. The van der Waals surface area contributed by atoms with E-state index in [0.717, 1.165) is 25.1 Å². The van der Waals surface area contributed by atoms with Crippen molar-refractivity contribution in [2.75, 3.05) is 6.54 Å². The molecule has 82 valence electrons. The molecule has 1 heterocycles. The van der Waals surface area contributed by atoms with Crippen LogP contribution in [-0.4, -0.2) is 17.1 Å². The van der Waals surface area contributed by atoms with Gasteiger partial charge >= 0.3 is 0 Å². The van der Waals surface area contributed by atoms with Crippen molar-refractivity contribution in [3.8, 4) is 5.75 Å². The summed E-state index contributed by atoms with van der Waals surface area (Å²) in [6.07, 6.45) is 2.23. The highest BCUT2D eigenvalue weighted by molar-refractivity contribution is 5.34. The molecule has 1 aliphatic rings. The molecule has 0 amide bonds. The Labute approximate surface area is 91.8 Å². The smallest absolute Gasteiger partial charge is 0.150 e. The molecule has 0 N–H and O–H groups in total. The summed E-state index contributed by atoms with van der Waals surface area (Å²) in [7, 11) is 0. The van der Waals surface area contributed by atoms with Crippen molar-refractivity contribution >= 4 is 0 Å². The number of fused-ring (bicyclic) bond motifs is 1. The molecule has 0 atom stereocenters. The molecule has 0 saturated heterocycles. The molecule has 0 bridgehead atoms. The molecule has 2 heteroatoms. The average Bonchev–Trinajstić information content (AvgIpc) is 2.36. The maximum atomic E-state index is 5.95. The largest absolute Gasteiger partial charge is 0.405 e. The van der Waals surface area contributed by atoms with Crippen molar-refractivity contribution < 1.29 is 4.84 Å². The third kappa shape index (κ3) is 2.00. The lowest BCUT2D eigenvalue weighted by Gasteiger charge is -2.34. The van der Waals surface area contributed by atoms with Gasteiger partial charge in [0.05, 0.1) is 5.54 Å².